The Morgan fingerprint density at radius 1 is 1.56 bits per heavy atom. The SMILES string of the molecule is CCC1CCCCN1c1ncc(Cl)cc1N. The van der Waals surface area contributed by atoms with Crippen LogP contribution < -0.4 is 10.6 Å². The van der Waals surface area contributed by atoms with Crippen molar-refractivity contribution in [1.82, 2.24) is 4.98 Å². The van der Waals surface area contributed by atoms with Crippen molar-refractivity contribution in [2.24, 2.45) is 0 Å². The standard InChI is InChI=1S/C12H18ClN3/c1-2-10-5-3-4-6-16(10)12-11(14)7-9(13)8-15-12/h7-8,10H,2-6,14H2,1H3. The summed E-state index contributed by atoms with van der Waals surface area (Å²) in [6.45, 7) is 3.27. The second-order valence-electron chi connectivity index (χ2n) is 4.32. The highest BCUT2D eigenvalue weighted by Crippen LogP contribution is 2.30. The molecule has 1 saturated heterocycles. The van der Waals surface area contributed by atoms with E-state index in [9.17, 15) is 0 Å². The molecule has 0 spiro atoms. The minimum absolute atomic E-state index is 0.574. The van der Waals surface area contributed by atoms with E-state index in [2.05, 4.69) is 16.8 Å². The maximum absolute atomic E-state index is 5.98. The second-order valence-corrected chi connectivity index (χ2v) is 4.75. The molecule has 1 aromatic heterocycles. The molecular weight excluding hydrogens is 222 g/mol. The van der Waals surface area contributed by atoms with Crippen LogP contribution in [0.3, 0.4) is 0 Å². The number of nitrogens with two attached hydrogens (primary N) is 1. The molecule has 1 aliphatic rings. The van der Waals surface area contributed by atoms with Crippen LogP contribution in [-0.4, -0.2) is 17.6 Å². The van der Waals surface area contributed by atoms with E-state index in [4.69, 9.17) is 17.3 Å². The average molecular weight is 240 g/mol. The highest BCUT2D eigenvalue weighted by molar-refractivity contribution is 6.30. The Kier molecular flexibility index (Phi) is 3.54. The van der Waals surface area contributed by atoms with Gasteiger partial charge >= 0.3 is 0 Å². The molecule has 3 nitrogen and oxygen atoms in total. The number of rotatable bonds is 2. The fourth-order valence-electron chi connectivity index (χ4n) is 2.39. The maximum Gasteiger partial charge on any atom is 0.152 e. The molecule has 2 heterocycles. The summed E-state index contributed by atoms with van der Waals surface area (Å²) in [5, 5.41) is 0.603. The quantitative estimate of drug-likeness (QED) is 0.863. The van der Waals surface area contributed by atoms with Gasteiger partial charge in [0.2, 0.25) is 0 Å². The summed E-state index contributed by atoms with van der Waals surface area (Å²) in [7, 11) is 0. The molecule has 2 rings (SSSR count). The number of nitrogen functional groups attached to an aromatic ring is 1. The van der Waals surface area contributed by atoms with Crippen LogP contribution >= 0.6 is 11.6 Å². The fraction of sp³-hybridized carbons (Fsp3) is 0.583. The first-order valence-electron chi connectivity index (χ1n) is 5.90. The molecule has 0 saturated carbocycles. The smallest absolute Gasteiger partial charge is 0.152 e. The summed E-state index contributed by atoms with van der Waals surface area (Å²) in [6, 6.07) is 2.36. The Labute approximate surface area is 102 Å². The number of hydrogen-bond donors (Lipinski definition) is 1. The van der Waals surface area contributed by atoms with Gasteiger partial charge in [-0.15, -0.1) is 0 Å². The summed E-state index contributed by atoms with van der Waals surface area (Å²) < 4.78 is 0. The van der Waals surface area contributed by atoms with Crippen molar-refractivity contribution in [3.05, 3.63) is 17.3 Å². The number of halogens is 1. The monoisotopic (exact) mass is 239 g/mol. The largest absolute Gasteiger partial charge is 0.396 e. The Morgan fingerprint density at radius 2 is 2.38 bits per heavy atom. The van der Waals surface area contributed by atoms with E-state index in [1.54, 1.807) is 12.3 Å². The molecule has 1 atom stereocenters. The van der Waals surface area contributed by atoms with Gasteiger partial charge in [-0.3, -0.25) is 0 Å². The van der Waals surface area contributed by atoms with E-state index in [0.717, 1.165) is 18.8 Å². The molecule has 0 bridgehead atoms. The van der Waals surface area contributed by atoms with E-state index >= 15 is 0 Å². The van der Waals surface area contributed by atoms with Crippen LogP contribution in [0.4, 0.5) is 11.5 Å². The molecule has 1 aromatic rings. The van der Waals surface area contributed by atoms with E-state index in [1.807, 2.05) is 0 Å². The van der Waals surface area contributed by atoms with Crippen molar-refractivity contribution in [1.29, 1.82) is 0 Å². The minimum Gasteiger partial charge on any atom is -0.396 e. The average Bonchev–Trinajstić information content (AvgIpc) is 2.29. The highest BCUT2D eigenvalue weighted by atomic mass is 35.5. The van der Waals surface area contributed by atoms with E-state index in [1.165, 1.54) is 19.3 Å². The zero-order valence-corrected chi connectivity index (χ0v) is 10.4. The summed E-state index contributed by atoms with van der Waals surface area (Å²) in [5.41, 5.74) is 6.67. The van der Waals surface area contributed by atoms with Crippen molar-refractivity contribution in [2.75, 3.05) is 17.2 Å². The van der Waals surface area contributed by atoms with Crippen molar-refractivity contribution >= 4 is 23.1 Å². The lowest BCUT2D eigenvalue weighted by atomic mass is 10.00. The predicted molar refractivity (Wildman–Crippen MR) is 68.9 cm³/mol. The number of aromatic nitrogens is 1. The summed E-state index contributed by atoms with van der Waals surface area (Å²) in [6.07, 6.45) is 6.58. The van der Waals surface area contributed by atoms with Crippen LogP contribution in [0.15, 0.2) is 12.3 Å². The predicted octanol–water partition coefficient (Wildman–Crippen LogP) is 3.09. The van der Waals surface area contributed by atoms with Crippen LogP contribution in [-0.2, 0) is 0 Å². The second kappa shape index (κ2) is 4.91. The molecule has 88 valence electrons. The normalized spacial score (nSPS) is 21.1. The van der Waals surface area contributed by atoms with E-state index in [-0.39, 0.29) is 0 Å². The zero-order valence-electron chi connectivity index (χ0n) is 9.62. The molecule has 2 N–H and O–H groups in total. The molecule has 1 unspecified atom stereocenters. The third-order valence-electron chi connectivity index (χ3n) is 3.23. The lowest BCUT2D eigenvalue weighted by Crippen LogP contribution is -2.40. The number of nitrogens with zero attached hydrogens (tertiary/aromatic N) is 2. The Balaban J connectivity index is 2.27. The molecule has 0 aromatic carbocycles. The molecule has 0 aliphatic carbocycles. The Morgan fingerprint density at radius 3 is 3.06 bits per heavy atom. The number of hydrogen-bond acceptors (Lipinski definition) is 3. The van der Waals surface area contributed by atoms with Gasteiger partial charge in [0.25, 0.3) is 0 Å². The van der Waals surface area contributed by atoms with Crippen molar-refractivity contribution < 1.29 is 0 Å². The highest BCUT2D eigenvalue weighted by Gasteiger charge is 2.23. The van der Waals surface area contributed by atoms with Crippen LogP contribution in [0.1, 0.15) is 32.6 Å². The number of piperidine rings is 1. The Hall–Kier alpha value is -0.960. The first-order valence-corrected chi connectivity index (χ1v) is 6.28. The van der Waals surface area contributed by atoms with E-state index < -0.39 is 0 Å². The lowest BCUT2D eigenvalue weighted by Gasteiger charge is -2.36. The zero-order chi connectivity index (χ0) is 11.5. The first kappa shape index (κ1) is 11.5. The fourth-order valence-corrected chi connectivity index (χ4v) is 2.56. The van der Waals surface area contributed by atoms with Crippen molar-refractivity contribution in [3.8, 4) is 0 Å². The topological polar surface area (TPSA) is 42.2 Å². The number of pyridine rings is 1. The van der Waals surface area contributed by atoms with Crippen LogP contribution in [0.2, 0.25) is 5.02 Å². The van der Waals surface area contributed by atoms with Gasteiger partial charge < -0.3 is 10.6 Å². The third-order valence-corrected chi connectivity index (χ3v) is 3.44. The number of anilines is 2. The molecule has 1 aliphatic heterocycles. The van der Waals surface area contributed by atoms with Crippen LogP contribution in [0.25, 0.3) is 0 Å². The van der Waals surface area contributed by atoms with Gasteiger partial charge in [-0.1, -0.05) is 18.5 Å². The molecule has 1 fully saturated rings. The van der Waals surface area contributed by atoms with Gasteiger partial charge in [0.1, 0.15) is 0 Å². The van der Waals surface area contributed by atoms with E-state index in [0.29, 0.717) is 16.8 Å². The van der Waals surface area contributed by atoms with Crippen LogP contribution in [0, 0.1) is 0 Å². The summed E-state index contributed by atoms with van der Waals surface area (Å²) in [4.78, 5) is 6.70. The lowest BCUT2D eigenvalue weighted by molar-refractivity contribution is 0.447. The summed E-state index contributed by atoms with van der Waals surface area (Å²) in [5.74, 6) is 0.899. The van der Waals surface area contributed by atoms with Gasteiger partial charge in [-0.25, -0.2) is 4.98 Å². The Bertz CT molecular complexity index is 367. The molecule has 16 heavy (non-hydrogen) atoms. The van der Waals surface area contributed by atoms with Crippen molar-refractivity contribution in [3.63, 3.8) is 0 Å². The van der Waals surface area contributed by atoms with Gasteiger partial charge in [0.15, 0.2) is 5.82 Å². The molecule has 0 amide bonds. The molecule has 4 heteroatoms. The van der Waals surface area contributed by atoms with Gasteiger partial charge in [-0.05, 0) is 31.7 Å². The first-order chi connectivity index (χ1) is 7.72. The van der Waals surface area contributed by atoms with Gasteiger partial charge in [-0.2, -0.15) is 0 Å². The summed E-state index contributed by atoms with van der Waals surface area (Å²) >= 11 is 5.87. The minimum atomic E-state index is 0.574. The molecule has 0 radical (unpaired) electrons. The maximum atomic E-state index is 5.98. The van der Waals surface area contributed by atoms with Crippen molar-refractivity contribution in [2.45, 2.75) is 38.6 Å². The van der Waals surface area contributed by atoms with Gasteiger partial charge in [0.05, 0.1) is 10.7 Å². The van der Waals surface area contributed by atoms with Gasteiger partial charge in [0, 0.05) is 18.8 Å². The third kappa shape index (κ3) is 2.24. The molecular formula is C12H18ClN3. The van der Waals surface area contributed by atoms with Crippen LogP contribution in [0.5, 0.6) is 0 Å².